The molecule has 7 heteroatoms. The van der Waals surface area contributed by atoms with Gasteiger partial charge in [0.1, 0.15) is 11.5 Å². The Hall–Kier alpha value is -3.48. The van der Waals surface area contributed by atoms with E-state index in [-0.39, 0.29) is 17.4 Å². The summed E-state index contributed by atoms with van der Waals surface area (Å²) >= 11 is 0. The summed E-state index contributed by atoms with van der Waals surface area (Å²) in [6.45, 7) is 4.63. The van der Waals surface area contributed by atoms with Crippen LogP contribution in [-0.4, -0.2) is 48.6 Å². The lowest BCUT2D eigenvalue weighted by Gasteiger charge is -2.31. The number of aliphatic hydroxyl groups excluding tert-OH is 1. The highest BCUT2D eigenvalue weighted by Gasteiger charge is 2.50. The zero-order valence-corrected chi connectivity index (χ0v) is 20.7. The van der Waals surface area contributed by atoms with Gasteiger partial charge in [-0.3, -0.25) is 9.59 Å². The van der Waals surface area contributed by atoms with E-state index in [1.807, 2.05) is 6.07 Å². The summed E-state index contributed by atoms with van der Waals surface area (Å²) in [4.78, 5) is 28.4. The number of nitrogens with zero attached hydrogens (tertiary/aromatic N) is 1. The molecule has 2 aromatic carbocycles. The Kier molecular flexibility index (Phi) is 7.34. The Labute approximate surface area is 206 Å². The predicted octanol–water partition coefficient (Wildman–Crippen LogP) is 5.10. The average Bonchev–Trinajstić information content (AvgIpc) is 3.48. The maximum atomic E-state index is 13.4. The van der Waals surface area contributed by atoms with Crippen LogP contribution in [0.25, 0.3) is 5.76 Å². The quantitative estimate of drug-likeness (QED) is 0.322. The fourth-order valence-electron chi connectivity index (χ4n) is 4.99. The first-order valence-corrected chi connectivity index (χ1v) is 12.1. The fourth-order valence-corrected chi connectivity index (χ4v) is 4.99. The Balaban J connectivity index is 1.88. The number of methoxy groups -OCH3 is 2. The highest BCUT2D eigenvalue weighted by molar-refractivity contribution is 6.46. The molecular formula is C28H33NO6. The molecule has 1 heterocycles. The molecular weight excluding hydrogens is 446 g/mol. The number of carbonyl (C=O) groups is 2. The zero-order valence-electron chi connectivity index (χ0n) is 20.7. The molecule has 1 N–H and O–H groups in total. The molecule has 1 atom stereocenters. The molecule has 1 aliphatic carbocycles. The van der Waals surface area contributed by atoms with Crippen LogP contribution in [0.3, 0.4) is 0 Å². The van der Waals surface area contributed by atoms with Crippen LogP contribution < -0.4 is 14.2 Å². The Morgan fingerprint density at radius 3 is 2.43 bits per heavy atom. The van der Waals surface area contributed by atoms with Crippen molar-refractivity contribution in [3.05, 3.63) is 59.2 Å². The molecule has 2 aromatic rings. The van der Waals surface area contributed by atoms with E-state index in [4.69, 9.17) is 14.2 Å². The van der Waals surface area contributed by atoms with E-state index in [9.17, 15) is 14.7 Å². The molecule has 4 rings (SSSR count). The van der Waals surface area contributed by atoms with Gasteiger partial charge in [0, 0.05) is 17.2 Å². The Bertz CT molecular complexity index is 1130. The number of para-hydroxylation sites is 1. The highest BCUT2D eigenvalue weighted by atomic mass is 16.5. The summed E-state index contributed by atoms with van der Waals surface area (Å²) in [5.74, 6) is 0.329. The third-order valence-electron chi connectivity index (χ3n) is 6.62. The van der Waals surface area contributed by atoms with E-state index in [2.05, 4.69) is 13.8 Å². The molecule has 186 valence electrons. The predicted molar refractivity (Wildman–Crippen MR) is 133 cm³/mol. The topological polar surface area (TPSA) is 85.3 Å². The van der Waals surface area contributed by atoms with Crippen LogP contribution in [0.1, 0.15) is 56.7 Å². The lowest BCUT2D eigenvalue weighted by Crippen LogP contribution is -2.37. The van der Waals surface area contributed by atoms with E-state index in [1.165, 1.54) is 14.2 Å². The number of hydrogen-bond acceptors (Lipinski definition) is 6. The van der Waals surface area contributed by atoms with Crippen LogP contribution in [0.4, 0.5) is 0 Å². The summed E-state index contributed by atoms with van der Waals surface area (Å²) in [6, 6.07) is 11.5. The standard InChI is InChI=1S/C28H33NO6/c1-17(2)16-35-20-12-7-9-18(15-20)25(30)23-24(21-13-8-14-22(33-3)27(21)34-4)29(28(32)26(23)31)19-10-5-6-11-19/h7-9,12-15,17,19,24,30H,5-6,10-11,16H2,1-4H3/b25-23-. The molecule has 1 amide bonds. The third-order valence-corrected chi connectivity index (χ3v) is 6.62. The lowest BCUT2D eigenvalue weighted by molar-refractivity contribution is -0.141. The highest BCUT2D eigenvalue weighted by Crippen LogP contribution is 2.48. The van der Waals surface area contributed by atoms with Crippen molar-refractivity contribution in [2.24, 2.45) is 5.92 Å². The molecule has 1 unspecified atom stereocenters. The van der Waals surface area contributed by atoms with Gasteiger partial charge in [-0.1, -0.05) is 51.0 Å². The van der Waals surface area contributed by atoms with E-state index in [0.717, 1.165) is 25.7 Å². The van der Waals surface area contributed by atoms with E-state index in [0.29, 0.717) is 40.9 Å². The van der Waals surface area contributed by atoms with Gasteiger partial charge in [-0.2, -0.15) is 0 Å². The van der Waals surface area contributed by atoms with Crippen LogP contribution in [0.5, 0.6) is 17.2 Å². The van der Waals surface area contributed by atoms with Crippen LogP contribution in [0.15, 0.2) is 48.0 Å². The summed E-state index contributed by atoms with van der Waals surface area (Å²) in [7, 11) is 3.07. The molecule has 0 radical (unpaired) electrons. The van der Waals surface area contributed by atoms with Crippen molar-refractivity contribution < 1.29 is 28.9 Å². The van der Waals surface area contributed by atoms with Gasteiger partial charge in [0.2, 0.25) is 0 Å². The second kappa shape index (κ2) is 10.4. The number of Topliss-reactive ketones (excluding diaryl/α,β-unsaturated/α-hetero) is 1. The number of carbonyl (C=O) groups excluding carboxylic acids is 2. The summed E-state index contributed by atoms with van der Waals surface area (Å²) in [5, 5.41) is 11.4. The van der Waals surface area contributed by atoms with Gasteiger partial charge in [-0.15, -0.1) is 0 Å². The SMILES string of the molecule is COc1cccc(C2/C(=C(/O)c3cccc(OCC(C)C)c3)C(=O)C(=O)N2C2CCCC2)c1OC. The van der Waals surface area contributed by atoms with Crippen molar-refractivity contribution in [2.45, 2.75) is 51.6 Å². The zero-order chi connectivity index (χ0) is 25.1. The maximum Gasteiger partial charge on any atom is 0.295 e. The molecule has 7 nitrogen and oxygen atoms in total. The van der Waals surface area contributed by atoms with E-state index in [1.54, 1.807) is 41.3 Å². The molecule has 35 heavy (non-hydrogen) atoms. The molecule has 2 aliphatic rings. The number of hydrogen-bond donors (Lipinski definition) is 1. The van der Waals surface area contributed by atoms with Crippen molar-refractivity contribution in [1.29, 1.82) is 0 Å². The number of ether oxygens (including phenoxy) is 3. The fraction of sp³-hybridized carbons (Fsp3) is 0.429. The second-order valence-corrected chi connectivity index (χ2v) is 9.46. The number of amides is 1. The minimum absolute atomic E-state index is 0.0504. The van der Waals surface area contributed by atoms with Crippen molar-refractivity contribution in [3.63, 3.8) is 0 Å². The molecule has 1 saturated heterocycles. The van der Waals surface area contributed by atoms with Crippen LogP contribution in [-0.2, 0) is 9.59 Å². The van der Waals surface area contributed by atoms with Crippen molar-refractivity contribution in [1.82, 2.24) is 4.90 Å². The molecule has 1 aliphatic heterocycles. The largest absolute Gasteiger partial charge is 0.507 e. The van der Waals surface area contributed by atoms with Crippen LogP contribution in [0.2, 0.25) is 0 Å². The van der Waals surface area contributed by atoms with Gasteiger partial charge < -0.3 is 24.2 Å². The van der Waals surface area contributed by atoms with Gasteiger partial charge >= 0.3 is 0 Å². The average molecular weight is 480 g/mol. The summed E-state index contributed by atoms with van der Waals surface area (Å²) in [5.41, 5.74) is 1.07. The first-order valence-electron chi connectivity index (χ1n) is 12.1. The summed E-state index contributed by atoms with van der Waals surface area (Å²) < 4.78 is 17.0. The lowest BCUT2D eigenvalue weighted by atomic mass is 9.93. The Morgan fingerprint density at radius 2 is 1.77 bits per heavy atom. The number of ketones is 1. The molecule has 1 saturated carbocycles. The van der Waals surface area contributed by atoms with Crippen molar-refractivity contribution in [3.8, 4) is 17.2 Å². The number of benzene rings is 2. The van der Waals surface area contributed by atoms with E-state index >= 15 is 0 Å². The van der Waals surface area contributed by atoms with Gasteiger partial charge in [-0.05, 0) is 37.0 Å². The Morgan fingerprint density at radius 1 is 1.06 bits per heavy atom. The van der Waals surface area contributed by atoms with E-state index < -0.39 is 17.7 Å². The molecule has 0 spiro atoms. The van der Waals surface area contributed by atoms with Crippen molar-refractivity contribution in [2.75, 3.05) is 20.8 Å². The first kappa shape index (κ1) is 24.6. The van der Waals surface area contributed by atoms with Crippen LogP contribution in [0, 0.1) is 5.92 Å². The first-order chi connectivity index (χ1) is 16.9. The monoisotopic (exact) mass is 479 g/mol. The van der Waals surface area contributed by atoms with Gasteiger partial charge in [-0.25, -0.2) is 0 Å². The number of likely N-dealkylation sites (tertiary alicyclic amines) is 1. The normalized spacial score (nSPS) is 20.0. The van der Waals surface area contributed by atoms with Crippen LogP contribution >= 0.6 is 0 Å². The van der Waals surface area contributed by atoms with Gasteiger partial charge in [0.05, 0.1) is 32.4 Å². The second-order valence-electron chi connectivity index (χ2n) is 9.46. The maximum absolute atomic E-state index is 13.4. The minimum atomic E-state index is -0.789. The molecule has 0 aromatic heterocycles. The molecule has 0 bridgehead atoms. The minimum Gasteiger partial charge on any atom is -0.507 e. The summed E-state index contributed by atoms with van der Waals surface area (Å²) in [6.07, 6.45) is 3.61. The van der Waals surface area contributed by atoms with Gasteiger partial charge in [0.25, 0.3) is 11.7 Å². The molecule has 2 fully saturated rings. The third kappa shape index (κ3) is 4.72. The van der Waals surface area contributed by atoms with Crippen molar-refractivity contribution >= 4 is 17.4 Å². The smallest absolute Gasteiger partial charge is 0.295 e. The van der Waals surface area contributed by atoms with Gasteiger partial charge in [0.15, 0.2) is 11.5 Å². The number of aliphatic hydroxyl groups is 1. The number of rotatable bonds is 8.